The first kappa shape index (κ1) is 18.3. The molecule has 0 unspecified atom stereocenters. The van der Waals surface area contributed by atoms with Crippen LogP contribution in [0, 0.1) is 0 Å². The van der Waals surface area contributed by atoms with Gasteiger partial charge in [0.25, 0.3) is 0 Å². The number of oxazole rings is 1. The third-order valence-corrected chi connectivity index (χ3v) is 4.90. The molecule has 0 aliphatic rings. The summed E-state index contributed by atoms with van der Waals surface area (Å²) in [5.41, 5.74) is 2.82. The van der Waals surface area contributed by atoms with Gasteiger partial charge in [-0.3, -0.25) is 4.79 Å². The first-order valence-electron chi connectivity index (χ1n) is 8.94. The molecule has 1 N–H and O–H groups in total. The highest BCUT2D eigenvalue weighted by Gasteiger charge is 2.14. The summed E-state index contributed by atoms with van der Waals surface area (Å²) in [5, 5.41) is 2.89. The molecule has 2 aromatic heterocycles. The van der Waals surface area contributed by atoms with Crippen LogP contribution in [0.4, 0.5) is 0 Å². The number of hydrogen-bond donors (Lipinski definition) is 1. The molecule has 142 valence electrons. The van der Waals surface area contributed by atoms with Gasteiger partial charge in [0, 0.05) is 5.56 Å². The van der Waals surface area contributed by atoms with E-state index in [1.165, 1.54) is 0 Å². The van der Waals surface area contributed by atoms with Gasteiger partial charge in [0.2, 0.25) is 11.8 Å². The molecule has 0 atom stereocenters. The molecule has 1 amide bonds. The predicted octanol–water partition coefficient (Wildman–Crippen LogP) is 3.87. The summed E-state index contributed by atoms with van der Waals surface area (Å²) in [7, 11) is 0. The van der Waals surface area contributed by atoms with Crippen LogP contribution in [0.5, 0.6) is 0 Å². The lowest BCUT2D eigenvalue weighted by molar-refractivity contribution is -0.121. The summed E-state index contributed by atoms with van der Waals surface area (Å²) < 4.78 is 7.70. The summed E-state index contributed by atoms with van der Waals surface area (Å²) in [6, 6.07) is 17.6. The maximum absolute atomic E-state index is 12.5. The van der Waals surface area contributed by atoms with Crippen molar-refractivity contribution >= 4 is 28.7 Å². The van der Waals surface area contributed by atoms with Crippen molar-refractivity contribution in [3.8, 4) is 11.3 Å². The Hall–Kier alpha value is -3.06. The molecule has 0 spiro atoms. The molecule has 6 nitrogen and oxygen atoms in total. The third-order valence-electron chi connectivity index (χ3n) is 4.36. The molecule has 7 heteroatoms. The lowest BCUT2D eigenvalue weighted by Crippen LogP contribution is -2.27. The molecular formula is C21H20N4O2S. The standard InChI is InChI=1S/C21H20N4O2S/c1-28-14-19-24-16-9-5-6-10-17(16)25(19)13-20(26)22-12-21-23-11-18(27-21)15-7-3-2-4-8-15/h2-11H,12-14H2,1H3,(H,22,26). The van der Waals surface area contributed by atoms with Gasteiger partial charge in [0.05, 0.1) is 29.5 Å². The number of fused-ring (bicyclic) bond motifs is 1. The number of rotatable bonds is 7. The number of aromatic nitrogens is 3. The van der Waals surface area contributed by atoms with Crippen LogP contribution < -0.4 is 5.32 Å². The topological polar surface area (TPSA) is 73.0 Å². The molecule has 28 heavy (non-hydrogen) atoms. The summed E-state index contributed by atoms with van der Waals surface area (Å²) in [6.45, 7) is 0.457. The number of nitrogens with zero attached hydrogens (tertiary/aromatic N) is 3. The quantitative estimate of drug-likeness (QED) is 0.517. The number of thioether (sulfide) groups is 1. The maximum Gasteiger partial charge on any atom is 0.240 e. The Morgan fingerprint density at radius 1 is 1.14 bits per heavy atom. The molecule has 4 aromatic rings. The predicted molar refractivity (Wildman–Crippen MR) is 111 cm³/mol. The van der Waals surface area contributed by atoms with E-state index in [2.05, 4.69) is 15.3 Å². The Morgan fingerprint density at radius 3 is 2.75 bits per heavy atom. The Bertz CT molecular complexity index is 1090. The monoisotopic (exact) mass is 392 g/mol. The Kier molecular flexibility index (Phi) is 5.43. The molecule has 0 saturated carbocycles. The average Bonchev–Trinajstić information content (AvgIpc) is 3.33. The zero-order valence-electron chi connectivity index (χ0n) is 15.5. The normalized spacial score (nSPS) is 11.0. The zero-order chi connectivity index (χ0) is 19.3. The van der Waals surface area contributed by atoms with E-state index < -0.39 is 0 Å². The van der Waals surface area contributed by atoms with Crippen LogP contribution in [-0.4, -0.2) is 26.7 Å². The second-order valence-corrected chi connectivity index (χ2v) is 7.16. The van der Waals surface area contributed by atoms with Gasteiger partial charge in [-0.2, -0.15) is 11.8 Å². The van der Waals surface area contributed by atoms with Crippen LogP contribution in [0.25, 0.3) is 22.4 Å². The van der Waals surface area contributed by atoms with E-state index in [4.69, 9.17) is 4.42 Å². The maximum atomic E-state index is 12.5. The van der Waals surface area contributed by atoms with Crippen molar-refractivity contribution in [1.82, 2.24) is 19.9 Å². The fraction of sp³-hybridized carbons (Fsp3) is 0.190. The molecule has 0 aliphatic carbocycles. The van der Waals surface area contributed by atoms with Crippen molar-refractivity contribution < 1.29 is 9.21 Å². The lowest BCUT2D eigenvalue weighted by Gasteiger charge is -2.08. The van der Waals surface area contributed by atoms with Crippen molar-refractivity contribution in [2.24, 2.45) is 0 Å². The highest BCUT2D eigenvalue weighted by atomic mass is 32.2. The molecule has 2 aromatic carbocycles. The molecule has 0 saturated heterocycles. The number of para-hydroxylation sites is 2. The minimum absolute atomic E-state index is 0.107. The number of carbonyl (C=O) groups is 1. The van der Waals surface area contributed by atoms with Gasteiger partial charge >= 0.3 is 0 Å². The van der Waals surface area contributed by atoms with Crippen molar-refractivity contribution in [3.63, 3.8) is 0 Å². The van der Waals surface area contributed by atoms with E-state index in [0.29, 0.717) is 11.7 Å². The van der Waals surface area contributed by atoms with E-state index in [0.717, 1.165) is 28.2 Å². The Labute approximate surface area is 167 Å². The van der Waals surface area contributed by atoms with Gasteiger partial charge in [0.15, 0.2) is 5.76 Å². The SMILES string of the molecule is CSCc1nc2ccccc2n1CC(=O)NCc1ncc(-c2ccccc2)o1. The van der Waals surface area contributed by atoms with Gasteiger partial charge in [-0.15, -0.1) is 0 Å². The van der Waals surface area contributed by atoms with Gasteiger partial charge in [0.1, 0.15) is 12.4 Å². The van der Waals surface area contributed by atoms with Gasteiger partial charge in [-0.1, -0.05) is 42.5 Å². The second kappa shape index (κ2) is 8.31. The van der Waals surface area contributed by atoms with E-state index in [-0.39, 0.29) is 19.0 Å². The third kappa shape index (κ3) is 3.94. The number of carbonyl (C=O) groups excluding carboxylic acids is 1. The van der Waals surface area contributed by atoms with E-state index in [9.17, 15) is 4.79 Å². The van der Waals surface area contributed by atoms with Crippen LogP contribution in [0.2, 0.25) is 0 Å². The summed E-state index contributed by atoms with van der Waals surface area (Å²) in [5.74, 6) is 2.71. The summed E-state index contributed by atoms with van der Waals surface area (Å²) >= 11 is 1.68. The molecular weight excluding hydrogens is 372 g/mol. The lowest BCUT2D eigenvalue weighted by atomic mass is 10.2. The van der Waals surface area contributed by atoms with Crippen molar-refractivity contribution in [1.29, 1.82) is 0 Å². The molecule has 0 aliphatic heterocycles. The highest BCUT2D eigenvalue weighted by Crippen LogP contribution is 2.20. The number of amides is 1. The van der Waals surface area contributed by atoms with Crippen LogP contribution in [0.15, 0.2) is 65.2 Å². The highest BCUT2D eigenvalue weighted by molar-refractivity contribution is 7.97. The van der Waals surface area contributed by atoms with Crippen molar-refractivity contribution in [2.75, 3.05) is 6.26 Å². The van der Waals surface area contributed by atoms with E-state index >= 15 is 0 Å². The van der Waals surface area contributed by atoms with Crippen LogP contribution >= 0.6 is 11.8 Å². The first-order chi connectivity index (χ1) is 13.7. The van der Waals surface area contributed by atoms with Gasteiger partial charge in [-0.05, 0) is 18.4 Å². The van der Waals surface area contributed by atoms with Gasteiger partial charge in [-0.25, -0.2) is 9.97 Å². The summed E-state index contributed by atoms with van der Waals surface area (Å²) in [4.78, 5) is 21.4. The number of hydrogen-bond acceptors (Lipinski definition) is 5. The molecule has 4 rings (SSSR count). The minimum Gasteiger partial charge on any atom is -0.439 e. The first-order valence-corrected chi connectivity index (χ1v) is 10.3. The van der Waals surface area contributed by atoms with Crippen molar-refractivity contribution in [2.45, 2.75) is 18.8 Å². The number of benzene rings is 2. The van der Waals surface area contributed by atoms with Gasteiger partial charge < -0.3 is 14.3 Å². The smallest absolute Gasteiger partial charge is 0.240 e. The van der Waals surface area contributed by atoms with Crippen molar-refractivity contribution in [3.05, 3.63) is 72.5 Å². The molecule has 2 heterocycles. The van der Waals surface area contributed by atoms with Crippen LogP contribution in [0.1, 0.15) is 11.7 Å². The minimum atomic E-state index is -0.107. The zero-order valence-corrected chi connectivity index (χ0v) is 16.3. The molecule has 0 bridgehead atoms. The fourth-order valence-corrected chi connectivity index (χ4v) is 3.52. The summed E-state index contributed by atoms with van der Waals surface area (Å²) in [6.07, 6.45) is 3.70. The second-order valence-electron chi connectivity index (χ2n) is 6.30. The molecule has 0 fully saturated rings. The van der Waals surface area contributed by atoms with Crippen LogP contribution in [-0.2, 0) is 23.6 Å². The average molecular weight is 392 g/mol. The molecule has 0 radical (unpaired) electrons. The Balaban J connectivity index is 1.43. The van der Waals surface area contributed by atoms with E-state index in [1.807, 2.05) is 65.4 Å². The Morgan fingerprint density at radius 2 is 1.93 bits per heavy atom. The number of nitrogens with one attached hydrogen (secondary N) is 1. The fourth-order valence-electron chi connectivity index (χ4n) is 3.04. The number of imidazole rings is 1. The van der Waals surface area contributed by atoms with Crippen LogP contribution in [0.3, 0.4) is 0 Å². The largest absolute Gasteiger partial charge is 0.439 e. The van der Waals surface area contributed by atoms with E-state index in [1.54, 1.807) is 18.0 Å².